The quantitative estimate of drug-likeness (QED) is 0.220. The molecule has 0 aliphatic carbocycles. The van der Waals surface area contributed by atoms with Gasteiger partial charge in [-0.3, -0.25) is 4.79 Å². The van der Waals surface area contributed by atoms with Gasteiger partial charge in [-0.15, -0.1) is 0 Å². The highest BCUT2D eigenvalue weighted by atomic mass is 16.5. The number of rotatable bonds is 9. The molecule has 0 aliphatic rings. The van der Waals surface area contributed by atoms with Crippen LogP contribution in [0.3, 0.4) is 0 Å². The number of nitrogens with two attached hydrogens (primary N) is 1. The molecule has 0 spiro atoms. The standard InChI is InChI=1S/C32H33N7O2/c1-20(2)32(40)37-24-13-9-23(10-14-24)29-27(28-30(33)34-19-35-31(28)39(29)18-17-38(4)5)22-11-15-25(16-12-22)41-26-8-6-7-21(3)36-26/h6-16,19H,1,17-18H2,2-5H3,(H,37,40)(H2,33,34,35). The Kier molecular flexibility index (Phi) is 7.80. The molecule has 0 saturated heterocycles. The van der Waals surface area contributed by atoms with Gasteiger partial charge in [0.1, 0.15) is 23.5 Å². The predicted octanol–water partition coefficient (Wildman–Crippen LogP) is 5.92. The van der Waals surface area contributed by atoms with Crippen LogP contribution in [0.4, 0.5) is 11.5 Å². The number of hydrogen-bond donors (Lipinski definition) is 2. The van der Waals surface area contributed by atoms with Crippen molar-refractivity contribution in [3.8, 4) is 34.0 Å². The van der Waals surface area contributed by atoms with Crippen LogP contribution >= 0.6 is 0 Å². The van der Waals surface area contributed by atoms with Gasteiger partial charge >= 0.3 is 0 Å². The minimum atomic E-state index is -0.218. The smallest absolute Gasteiger partial charge is 0.250 e. The van der Waals surface area contributed by atoms with E-state index >= 15 is 0 Å². The van der Waals surface area contributed by atoms with Gasteiger partial charge in [0.2, 0.25) is 5.88 Å². The van der Waals surface area contributed by atoms with Crippen molar-refractivity contribution in [1.29, 1.82) is 0 Å². The summed E-state index contributed by atoms with van der Waals surface area (Å²) in [5.41, 5.74) is 13.1. The topological polar surface area (TPSA) is 111 Å². The first-order valence-electron chi connectivity index (χ1n) is 13.3. The number of aromatic nitrogens is 4. The van der Waals surface area contributed by atoms with Gasteiger partial charge in [0, 0.05) is 41.7 Å². The van der Waals surface area contributed by atoms with Crippen molar-refractivity contribution in [2.45, 2.75) is 20.4 Å². The fourth-order valence-corrected chi connectivity index (χ4v) is 4.63. The van der Waals surface area contributed by atoms with Crippen LogP contribution in [-0.2, 0) is 11.3 Å². The number of pyridine rings is 1. The lowest BCUT2D eigenvalue weighted by Crippen LogP contribution is -2.19. The number of nitrogens with one attached hydrogen (secondary N) is 1. The summed E-state index contributed by atoms with van der Waals surface area (Å²) < 4.78 is 8.18. The summed E-state index contributed by atoms with van der Waals surface area (Å²) in [6.45, 7) is 8.80. The van der Waals surface area contributed by atoms with E-state index in [1.807, 2.05) is 87.7 Å². The summed E-state index contributed by atoms with van der Waals surface area (Å²) in [5, 5.41) is 3.66. The summed E-state index contributed by atoms with van der Waals surface area (Å²) >= 11 is 0. The second-order valence-electron chi connectivity index (χ2n) is 10.2. The van der Waals surface area contributed by atoms with Gasteiger partial charge in [-0.25, -0.2) is 15.0 Å². The minimum Gasteiger partial charge on any atom is -0.439 e. The minimum absolute atomic E-state index is 0.218. The van der Waals surface area contributed by atoms with Crippen molar-refractivity contribution in [3.63, 3.8) is 0 Å². The Hall–Kier alpha value is -5.02. The van der Waals surface area contributed by atoms with Gasteiger partial charge in [0.15, 0.2) is 0 Å². The Morgan fingerprint density at radius 2 is 1.73 bits per heavy atom. The first kappa shape index (κ1) is 27.5. The third kappa shape index (κ3) is 5.95. The lowest BCUT2D eigenvalue weighted by Gasteiger charge is -2.16. The molecule has 3 aromatic heterocycles. The highest BCUT2D eigenvalue weighted by Crippen LogP contribution is 2.43. The van der Waals surface area contributed by atoms with Crippen LogP contribution < -0.4 is 15.8 Å². The number of hydrogen-bond acceptors (Lipinski definition) is 7. The molecule has 0 bridgehead atoms. The molecule has 3 heterocycles. The Bertz CT molecular complexity index is 1720. The number of benzene rings is 2. The second-order valence-corrected chi connectivity index (χ2v) is 10.2. The molecule has 9 nitrogen and oxygen atoms in total. The van der Waals surface area contributed by atoms with Crippen LogP contribution in [0.1, 0.15) is 12.6 Å². The summed E-state index contributed by atoms with van der Waals surface area (Å²) in [7, 11) is 4.08. The molecular weight excluding hydrogens is 514 g/mol. The molecule has 0 atom stereocenters. The van der Waals surface area contributed by atoms with Crippen molar-refractivity contribution in [2.75, 3.05) is 31.7 Å². The highest BCUT2D eigenvalue weighted by Gasteiger charge is 2.23. The van der Waals surface area contributed by atoms with E-state index < -0.39 is 0 Å². The van der Waals surface area contributed by atoms with Gasteiger partial charge < -0.3 is 25.3 Å². The Labute approximate surface area is 239 Å². The Morgan fingerprint density at radius 1 is 1.02 bits per heavy atom. The van der Waals surface area contributed by atoms with Gasteiger partial charge in [-0.2, -0.15) is 0 Å². The van der Waals surface area contributed by atoms with Crippen molar-refractivity contribution in [1.82, 2.24) is 24.4 Å². The largest absolute Gasteiger partial charge is 0.439 e. The molecule has 5 rings (SSSR count). The molecule has 1 amide bonds. The number of nitrogen functional groups attached to an aromatic ring is 1. The summed E-state index contributed by atoms with van der Waals surface area (Å²) in [6.07, 6.45) is 1.50. The van der Waals surface area contributed by atoms with E-state index in [9.17, 15) is 4.79 Å². The first-order valence-corrected chi connectivity index (χ1v) is 13.3. The zero-order valence-electron chi connectivity index (χ0n) is 23.7. The zero-order valence-corrected chi connectivity index (χ0v) is 23.7. The first-order chi connectivity index (χ1) is 19.7. The number of carbonyl (C=O) groups excluding carboxylic acids is 1. The summed E-state index contributed by atoms with van der Waals surface area (Å²) in [6, 6.07) is 21.3. The molecule has 0 radical (unpaired) electrons. The fraction of sp³-hybridized carbons (Fsp3) is 0.188. The van der Waals surface area contributed by atoms with E-state index in [1.165, 1.54) is 6.33 Å². The third-order valence-corrected chi connectivity index (χ3v) is 6.67. The third-order valence-electron chi connectivity index (χ3n) is 6.67. The van der Waals surface area contributed by atoms with E-state index in [0.29, 0.717) is 35.3 Å². The maximum Gasteiger partial charge on any atom is 0.250 e. The monoisotopic (exact) mass is 547 g/mol. The number of aryl methyl sites for hydroxylation is 1. The van der Waals surface area contributed by atoms with Crippen molar-refractivity contribution >= 4 is 28.4 Å². The second kappa shape index (κ2) is 11.6. The number of carbonyl (C=O) groups is 1. The molecule has 0 fully saturated rings. The van der Waals surface area contributed by atoms with Crippen LogP contribution in [0, 0.1) is 6.92 Å². The normalized spacial score (nSPS) is 11.1. The average molecular weight is 548 g/mol. The number of fused-ring (bicyclic) bond motifs is 1. The van der Waals surface area contributed by atoms with Crippen LogP contribution in [-0.4, -0.2) is 51.0 Å². The molecule has 208 valence electrons. The van der Waals surface area contributed by atoms with Crippen LogP contribution in [0.5, 0.6) is 11.6 Å². The molecule has 3 N–H and O–H groups in total. The molecule has 0 saturated carbocycles. The van der Waals surface area contributed by atoms with Crippen LogP contribution in [0.2, 0.25) is 0 Å². The molecule has 0 aliphatic heterocycles. The number of amides is 1. The van der Waals surface area contributed by atoms with E-state index in [2.05, 4.69) is 36.3 Å². The summed E-state index contributed by atoms with van der Waals surface area (Å²) in [5.74, 6) is 1.40. The number of anilines is 2. The molecular formula is C32H33N7O2. The van der Waals surface area contributed by atoms with Crippen molar-refractivity contribution in [3.05, 3.63) is 90.9 Å². The van der Waals surface area contributed by atoms with Crippen LogP contribution in [0.25, 0.3) is 33.4 Å². The van der Waals surface area contributed by atoms with Gasteiger partial charge in [0.05, 0.1) is 11.1 Å². The van der Waals surface area contributed by atoms with E-state index in [4.69, 9.17) is 10.5 Å². The van der Waals surface area contributed by atoms with Gasteiger partial charge in [-0.1, -0.05) is 36.9 Å². The van der Waals surface area contributed by atoms with Crippen molar-refractivity contribution in [2.24, 2.45) is 0 Å². The van der Waals surface area contributed by atoms with E-state index in [1.54, 1.807) is 6.92 Å². The number of likely N-dealkylation sites (N-methyl/N-ethyl adjacent to an activating group) is 1. The van der Waals surface area contributed by atoms with Gasteiger partial charge in [0.25, 0.3) is 5.91 Å². The van der Waals surface area contributed by atoms with Crippen LogP contribution in [0.15, 0.2) is 85.2 Å². The molecule has 41 heavy (non-hydrogen) atoms. The Morgan fingerprint density at radius 3 is 2.39 bits per heavy atom. The highest BCUT2D eigenvalue weighted by molar-refractivity contribution is 6.08. The fourth-order valence-electron chi connectivity index (χ4n) is 4.63. The number of ether oxygens (including phenoxy) is 1. The van der Waals surface area contributed by atoms with E-state index in [0.717, 1.165) is 45.7 Å². The molecule has 9 heteroatoms. The molecule has 2 aromatic carbocycles. The molecule has 5 aromatic rings. The van der Waals surface area contributed by atoms with Crippen molar-refractivity contribution < 1.29 is 9.53 Å². The number of nitrogens with zero attached hydrogens (tertiary/aromatic N) is 5. The maximum atomic E-state index is 12.2. The lowest BCUT2D eigenvalue weighted by molar-refractivity contribution is -0.112. The SMILES string of the molecule is C=C(C)C(=O)Nc1ccc(-c2c(-c3ccc(Oc4cccc(C)n4)cc3)c3c(N)ncnc3n2CCN(C)C)cc1. The lowest BCUT2D eigenvalue weighted by atomic mass is 9.98. The average Bonchev–Trinajstić information content (AvgIpc) is 3.28. The van der Waals surface area contributed by atoms with Gasteiger partial charge in [-0.05, 0) is 69.4 Å². The molecule has 0 unspecified atom stereocenters. The predicted molar refractivity (Wildman–Crippen MR) is 164 cm³/mol. The zero-order chi connectivity index (χ0) is 29.1. The maximum absolute atomic E-state index is 12.2. The summed E-state index contributed by atoms with van der Waals surface area (Å²) in [4.78, 5) is 27.7. The van der Waals surface area contributed by atoms with E-state index in [-0.39, 0.29) is 5.91 Å². The Balaban J connectivity index is 1.63.